The van der Waals surface area contributed by atoms with E-state index in [4.69, 9.17) is 4.99 Å². The lowest BCUT2D eigenvalue weighted by atomic mass is 10.1. The summed E-state index contributed by atoms with van der Waals surface area (Å²) in [6.07, 6.45) is 1.99. The molecule has 0 aliphatic rings. The molecule has 0 unspecified atom stereocenters. The number of hydrogen-bond acceptors (Lipinski definition) is 2. The van der Waals surface area contributed by atoms with Crippen molar-refractivity contribution < 1.29 is 4.39 Å². The molecule has 0 spiro atoms. The van der Waals surface area contributed by atoms with E-state index in [-0.39, 0.29) is 11.9 Å². The average Bonchev–Trinajstić information content (AvgIpc) is 3.18. The van der Waals surface area contributed by atoms with Gasteiger partial charge in [-0.15, -0.1) is 11.3 Å². The normalized spacial score (nSPS) is 12.8. The third-order valence-corrected chi connectivity index (χ3v) is 6.19. The second-order valence-electron chi connectivity index (χ2n) is 7.55. The van der Waals surface area contributed by atoms with E-state index in [0.29, 0.717) is 0 Å². The molecule has 0 aliphatic heterocycles. The first-order valence-corrected chi connectivity index (χ1v) is 11.1. The van der Waals surface area contributed by atoms with Crippen molar-refractivity contribution in [1.82, 2.24) is 4.57 Å². The number of nitrogens with zero attached hydrogens (tertiary/aromatic N) is 2. The van der Waals surface area contributed by atoms with E-state index < -0.39 is 0 Å². The van der Waals surface area contributed by atoms with Crippen LogP contribution in [-0.2, 0) is 6.42 Å². The third-order valence-electron chi connectivity index (χ3n) is 5.35. The summed E-state index contributed by atoms with van der Waals surface area (Å²) >= 11 is 1.63. The molecule has 0 saturated heterocycles. The van der Waals surface area contributed by atoms with Crippen molar-refractivity contribution >= 4 is 17.0 Å². The Hall–Kier alpha value is -2.98. The predicted octanol–water partition coefficient (Wildman–Crippen LogP) is 7.09. The fourth-order valence-electron chi connectivity index (χ4n) is 3.60. The molecule has 0 saturated carbocycles. The van der Waals surface area contributed by atoms with Crippen molar-refractivity contribution in [2.75, 3.05) is 0 Å². The molecule has 1 aromatic heterocycles. The first-order valence-electron chi connectivity index (χ1n) is 10.2. The van der Waals surface area contributed by atoms with E-state index in [9.17, 15) is 4.39 Å². The molecular formula is C26H25FN2S. The molecule has 0 fully saturated rings. The largest absolute Gasteiger partial charge is 0.314 e. The van der Waals surface area contributed by atoms with Gasteiger partial charge in [0.15, 0.2) is 4.80 Å². The predicted molar refractivity (Wildman–Crippen MR) is 124 cm³/mol. The van der Waals surface area contributed by atoms with Gasteiger partial charge < -0.3 is 4.57 Å². The molecule has 4 rings (SSSR count). The summed E-state index contributed by atoms with van der Waals surface area (Å²) in [4.78, 5) is 5.95. The molecular weight excluding hydrogens is 391 g/mol. The molecule has 0 radical (unpaired) electrons. The van der Waals surface area contributed by atoms with Crippen molar-refractivity contribution in [2.24, 2.45) is 4.99 Å². The van der Waals surface area contributed by atoms with Gasteiger partial charge in [0.2, 0.25) is 0 Å². The Morgan fingerprint density at radius 3 is 2.37 bits per heavy atom. The van der Waals surface area contributed by atoms with Gasteiger partial charge in [-0.3, -0.25) is 0 Å². The highest BCUT2D eigenvalue weighted by molar-refractivity contribution is 7.07. The van der Waals surface area contributed by atoms with E-state index >= 15 is 0 Å². The minimum absolute atomic E-state index is 0.220. The van der Waals surface area contributed by atoms with Crippen LogP contribution in [0.4, 0.5) is 10.1 Å². The zero-order valence-corrected chi connectivity index (χ0v) is 18.1. The molecule has 30 heavy (non-hydrogen) atoms. The second kappa shape index (κ2) is 9.23. The van der Waals surface area contributed by atoms with E-state index in [2.05, 4.69) is 54.1 Å². The molecule has 1 heterocycles. The number of aromatic nitrogens is 1. The number of aryl methyl sites for hydroxylation is 2. The Labute approximate surface area is 181 Å². The fourth-order valence-corrected chi connectivity index (χ4v) is 4.61. The first-order chi connectivity index (χ1) is 14.6. The highest BCUT2D eigenvalue weighted by atomic mass is 32.1. The topological polar surface area (TPSA) is 17.3 Å². The Kier molecular flexibility index (Phi) is 6.24. The van der Waals surface area contributed by atoms with Crippen LogP contribution in [0.15, 0.2) is 89.2 Å². The van der Waals surface area contributed by atoms with Gasteiger partial charge in [0, 0.05) is 11.4 Å². The van der Waals surface area contributed by atoms with Crippen LogP contribution in [-0.4, -0.2) is 4.57 Å². The molecule has 2 nitrogen and oxygen atoms in total. The summed E-state index contributed by atoms with van der Waals surface area (Å²) in [7, 11) is 0. The summed E-state index contributed by atoms with van der Waals surface area (Å²) in [6.45, 7) is 4.32. The lowest BCUT2D eigenvalue weighted by Gasteiger charge is -2.18. The molecule has 3 aromatic carbocycles. The highest BCUT2D eigenvalue weighted by Crippen LogP contribution is 2.27. The lowest BCUT2D eigenvalue weighted by Crippen LogP contribution is -2.20. The van der Waals surface area contributed by atoms with Crippen molar-refractivity contribution in [3.8, 4) is 11.3 Å². The monoisotopic (exact) mass is 416 g/mol. The van der Waals surface area contributed by atoms with E-state index in [0.717, 1.165) is 40.2 Å². The summed E-state index contributed by atoms with van der Waals surface area (Å²) < 4.78 is 15.8. The number of thiazole rings is 1. The maximum Gasteiger partial charge on any atom is 0.190 e. The summed E-state index contributed by atoms with van der Waals surface area (Å²) in [5.74, 6) is -0.220. The van der Waals surface area contributed by atoms with Crippen molar-refractivity contribution in [2.45, 2.75) is 32.7 Å². The van der Waals surface area contributed by atoms with Crippen LogP contribution < -0.4 is 4.80 Å². The van der Waals surface area contributed by atoms with Crippen LogP contribution in [0.25, 0.3) is 11.3 Å². The average molecular weight is 417 g/mol. The Morgan fingerprint density at radius 1 is 0.933 bits per heavy atom. The second-order valence-corrected chi connectivity index (χ2v) is 8.39. The Bertz CT molecular complexity index is 1170. The highest BCUT2D eigenvalue weighted by Gasteiger charge is 2.15. The maximum atomic E-state index is 13.5. The van der Waals surface area contributed by atoms with Crippen molar-refractivity contribution in [3.63, 3.8) is 0 Å². The van der Waals surface area contributed by atoms with Gasteiger partial charge in [-0.25, -0.2) is 9.38 Å². The van der Waals surface area contributed by atoms with Crippen molar-refractivity contribution in [1.29, 1.82) is 0 Å². The minimum atomic E-state index is -0.220. The summed E-state index contributed by atoms with van der Waals surface area (Å²) in [5, 5.41) is 2.13. The summed E-state index contributed by atoms with van der Waals surface area (Å²) in [5.41, 5.74) is 5.55. The van der Waals surface area contributed by atoms with Crippen LogP contribution in [0.1, 0.15) is 30.5 Å². The number of para-hydroxylation sites is 1. The van der Waals surface area contributed by atoms with Crippen LogP contribution >= 0.6 is 11.3 Å². The number of rotatable bonds is 6. The van der Waals surface area contributed by atoms with E-state index in [1.165, 1.54) is 17.7 Å². The molecule has 1 atom stereocenters. The third kappa shape index (κ3) is 4.60. The van der Waals surface area contributed by atoms with Crippen molar-refractivity contribution in [3.05, 3.63) is 106 Å². The van der Waals surface area contributed by atoms with Crippen LogP contribution in [0.5, 0.6) is 0 Å². The zero-order chi connectivity index (χ0) is 20.9. The Morgan fingerprint density at radius 2 is 1.63 bits per heavy atom. The van der Waals surface area contributed by atoms with E-state index in [1.54, 1.807) is 11.3 Å². The Balaban J connectivity index is 1.75. The van der Waals surface area contributed by atoms with Crippen LogP contribution in [0.3, 0.4) is 0 Å². The minimum Gasteiger partial charge on any atom is -0.314 e. The SMILES string of the molecule is Cc1ccccc1N=c1scc(-c2ccc(F)cc2)n1[C@H](C)CCc1ccccc1. The molecule has 0 bridgehead atoms. The first kappa shape index (κ1) is 20.3. The molecule has 0 N–H and O–H groups in total. The molecule has 0 aliphatic carbocycles. The zero-order valence-electron chi connectivity index (χ0n) is 17.3. The standard InChI is InChI=1S/C26H25FN2S/c1-19-8-6-7-11-24(19)28-26-29(20(2)12-13-21-9-4-3-5-10-21)25(18-30-26)22-14-16-23(27)17-15-22/h3-11,14-18,20H,12-13H2,1-2H3/t20-/m1/s1. The van der Waals surface area contributed by atoms with Gasteiger partial charge in [-0.05, 0) is 73.7 Å². The van der Waals surface area contributed by atoms with Gasteiger partial charge in [0.1, 0.15) is 5.82 Å². The van der Waals surface area contributed by atoms with E-state index in [1.807, 2.05) is 36.4 Å². The maximum absolute atomic E-state index is 13.5. The van der Waals surface area contributed by atoms with Gasteiger partial charge in [-0.2, -0.15) is 0 Å². The van der Waals surface area contributed by atoms with Gasteiger partial charge in [0.25, 0.3) is 0 Å². The van der Waals surface area contributed by atoms with Crippen LogP contribution in [0.2, 0.25) is 0 Å². The van der Waals surface area contributed by atoms with Gasteiger partial charge in [0.05, 0.1) is 11.4 Å². The molecule has 4 aromatic rings. The van der Waals surface area contributed by atoms with Gasteiger partial charge >= 0.3 is 0 Å². The number of halogens is 1. The number of benzene rings is 3. The fraction of sp³-hybridized carbons (Fsp3) is 0.192. The smallest absolute Gasteiger partial charge is 0.190 e. The summed E-state index contributed by atoms with van der Waals surface area (Å²) in [6, 6.07) is 25.7. The molecule has 4 heteroatoms. The lowest BCUT2D eigenvalue weighted by molar-refractivity contribution is 0.501. The molecule has 152 valence electrons. The number of hydrogen-bond donors (Lipinski definition) is 0. The van der Waals surface area contributed by atoms with Crippen LogP contribution in [0, 0.1) is 12.7 Å². The quantitative estimate of drug-likeness (QED) is 0.319. The van der Waals surface area contributed by atoms with Gasteiger partial charge in [-0.1, -0.05) is 48.5 Å². The molecule has 0 amide bonds.